The first-order valence-electron chi connectivity index (χ1n) is 14.1. The van der Waals surface area contributed by atoms with Crippen LogP contribution in [0.5, 0.6) is 5.75 Å². The topological polar surface area (TPSA) is 128 Å². The van der Waals surface area contributed by atoms with E-state index in [9.17, 15) is 24.0 Å². The van der Waals surface area contributed by atoms with E-state index in [1.165, 1.54) is 18.9 Å². The number of esters is 1. The number of hydrogen-bond acceptors (Lipinski definition) is 9. The van der Waals surface area contributed by atoms with E-state index in [4.69, 9.17) is 14.2 Å². The number of rotatable bonds is 11. The predicted octanol–water partition coefficient (Wildman–Crippen LogP) is 4.61. The Kier molecular flexibility index (Phi) is 11.5. The molecule has 0 aliphatic carbocycles. The van der Waals surface area contributed by atoms with Gasteiger partial charge in [0.15, 0.2) is 5.12 Å². The van der Waals surface area contributed by atoms with Crippen molar-refractivity contribution in [1.29, 1.82) is 0 Å². The van der Waals surface area contributed by atoms with Crippen molar-refractivity contribution in [3.8, 4) is 5.75 Å². The molecule has 1 N–H and O–H groups in total. The largest absolute Gasteiger partial charge is 0.514 e. The predicted molar refractivity (Wildman–Crippen MR) is 164 cm³/mol. The molecule has 2 amide bonds. The number of methoxy groups -OCH3 is 1. The van der Waals surface area contributed by atoms with Gasteiger partial charge in [-0.25, -0.2) is 9.59 Å². The fraction of sp³-hybridized carbons (Fsp3) is 0.303. The normalized spacial score (nSPS) is 16.5. The van der Waals surface area contributed by atoms with E-state index in [0.717, 1.165) is 22.9 Å². The molecule has 0 unspecified atom stereocenters. The minimum Gasteiger partial charge on any atom is -0.467 e. The molecule has 0 saturated carbocycles. The van der Waals surface area contributed by atoms with E-state index >= 15 is 0 Å². The van der Waals surface area contributed by atoms with Crippen molar-refractivity contribution in [2.75, 3.05) is 13.7 Å². The van der Waals surface area contributed by atoms with E-state index in [0.29, 0.717) is 18.4 Å². The summed E-state index contributed by atoms with van der Waals surface area (Å²) in [7, 11) is 1.28. The van der Waals surface area contributed by atoms with E-state index in [1.807, 2.05) is 60.7 Å². The molecule has 1 aliphatic heterocycles. The molecule has 4 rings (SSSR count). The van der Waals surface area contributed by atoms with Crippen LogP contribution in [0.2, 0.25) is 0 Å². The smallest absolute Gasteiger partial charge is 0.467 e. The number of benzene rings is 3. The van der Waals surface area contributed by atoms with Gasteiger partial charge in [-0.2, -0.15) is 0 Å². The van der Waals surface area contributed by atoms with E-state index < -0.39 is 35.2 Å². The van der Waals surface area contributed by atoms with Gasteiger partial charge in [-0.3, -0.25) is 14.4 Å². The Bertz CT molecular complexity index is 1450. The SMILES string of the molecule is COC(=O)[C@@H]1CC[C@H](c2ccccc2)N1C(=O)CNC(=O)[C@H](Cc1ccc(OC(=O)OCc2ccccc2)cc1)SC(C)=O. The van der Waals surface area contributed by atoms with Crippen molar-refractivity contribution >= 4 is 40.8 Å². The lowest BCUT2D eigenvalue weighted by Gasteiger charge is -2.29. The highest BCUT2D eigenvalue weighted by Gasteiger charge is 2.42. The molecule has 0 aromatic heterocycles. The number of amides is 2. The molecule has 0 bridgehead atoms. The highest BCUT2D eigenvalue weighted by molar-refractivity contribution is 8.14. The zero-order valence-electron chi connectivity index (χ0n) is 24.5. The van der Waals surface area contributed by atoms with Crippen molar-refractivity contribution < 1.29 is 38.2 Å². The highest BCUT2D eigenvalue weighted by atomic mass is 32.2. The maximum absolute atomic E-state index is 13.4. The Morgan fingerprint density at radius 3 is 2.18 bits per heavy atom. The molecule has 0 spiro atoms. The summed E-state index contributed by atoms with van der Waals surface area (Å²) < 4.78 is 15.3. The van der Waals surface area contributed by atoms with Gasteiger partial charge in [0.25, 0.3) is 0 Å². The Labute approximate surface area is 260 Å². The summed E-state index contributed by atoms with van der Waals surface area (Å²) in [6.07, 6.45) is 0.359. The number of hydrogen-bond donors (Lipinski definition) is 1. The van der Waals surface area contributed by atoms with Gasteiger partial charge in [0, 0.05) is 6.92 Å². The maximum Gasteiger partial charge on any atom is 0.514 e. The number of ether oxygens (including phenoxy) is 3. The van der Waals surface area contributed by atoms with Crippen LogP contribution in [0, 0.1) is 0 Å². The van der Waals surface area contributed by atoms with Gasteiger partial charge in [0.2, 0.25) is 11.8 Å². The number of likely N-dealkylation sites (tertiary alicyclic amines) is 1. The zero-order valence-corrected chi connectivity index (χ0v) is 25.3. The van der Waals surface area contributed by atoms with Crippen LogP contribution in [0.15, 0.2) is 84.9 Å². The van der Waals surface area contributed by atoms with Gasteiger partial charge in [0.05, 0.1) is 24.9 Å². The van der Waals surface area contributed by atoms with Crippen molar-refractivity contribution in [3.05, 3.63) is 102 Å². The first-order valence-corrected chi connectivity index (χ1v) is 15.0. The second kappa shape index (κ2) is 15.7. The molecule has 10 nitrogen and oxygen atoms in total. The summed E-state index contributed by atoms with van der Waals surface area (Å²) in [6.45, 7) is 1.10. The molecular formula is C33H34N2O8S. The van der Waals surface area contributed by atoms with Crippen LogP contribution in [0.25, 0.3) is 0 Å². The van der Waals surface area contributed by atoms with Gasteiger partial charge < -0.3 is 24.4 Å². The summed E-state index contributed by atoms with van der Waals surface area (Å²) in [5.41, 5.74) is 2.43. The van der Waals surface area contributed by atoms with Crippen LogP contribution >= 0.6 is 11.8 Å². The minimum atomic E-state index is -0.849. The summed E-state index contributed by atoms with van der Waals surface area (Å²) in [4.78, 5) is 64.6. The molecule has 44 heavy (non-hydrogen) atoms. The quantitative estimate of drug-likeness (QED) is 0.242. The lowest BCUT2D eigenvalue weighted by Crippen LogP contribution is -2.48. The fourth-order valence-corrected chi connectivity index (χ4v) is 5.90. The molecule has 3 aromatic rings. The molecule has 3 atom stereocenters. The maximum atomic E-state index is 13.4. The number of nitrogens with zero attached hydrogens (tertiary/aromatic N) is 1. The Balaban J connectivity index is 1.35. The summed E-state index contributed by atoms with van der Waals surface area (Å²) in [6, 6.07) is 24.0. The zero-order chi connectivity index (χ0) is 31.5. The standard InChI is InChI=1S/C33H34N2O8S/c1-22(36)44-29(19-23-13-15-26(16-14-23)43-33(40)42-21-24-9-5-3-6-10-24)31(38)34-20-30(37)35-27(25-11-7-4-8-12-25)17-18-28(35)32(39)41-2/h3-16,27-29H,17-21H2,1-2H3,(H,34,38)/t27-,28+,29+/m1/s1. The minimum absolute atomic E-state index is 0.0767. The summed E-state index contributed by atoms with van der Waals surface area (Å²) >= 11 is 0.857. The number of nitrogens with one attached hydrogen (secondary N) is 1. The molecule has 1 aliphatic rings. The van der Waals surface area contributed by atoms with E-state index in [-0.39, 0.29) is 36.5 Å². The number of thioether (sulfide) groups is 1. The van der Waals surface area contributed by atoms with E-state index in [1.54, 1.807) is 24.3 Å². The lowest BCUT2D eigenvalue weighted by molar-refractivity contribution is -0.152. The van der Waals surface area contributed by atoms with Gasteiger partial charge in [0.1, 0.15) is 18.4 Å². The van der Waals surface area contributed by atoms with Crippen LogP contribution in [-0.4, -0.2) is 58.9 Å². The molecule has 1 saturated heterocycles. The Hall–Kier alpha value is -4.64. The number of carbonyl (C=O) groups is 5. The molecule has 1 fully saturated rings. The lowest BCUT2D eigenvalue weighted by atomic mass is 10.0. The fourth-order valence-electron chi connectivity index (χ4n) is 5.03. The second-order valence-electron chi connectivity index (χ2n) is 10.1. The van der Waals surface area contributed by atoms with Crippen LogP contribution < -0.4 is 10.1 Å². The van der Waals surface area contributed by atoms with Crippen LogP contribution in [0.4, 0.5) is 4.79 Å². The summed E-state index contributed by atoms with van der Waals surface area (Å²) in [5, 5.41) is 1.58. The van der Waals surface area contributed by atoms with Gasteiger partial charge >= 0.3 is 12.1 Å². The Morgan fingerprint density at radius 1 is 0.886 bits per heavy atom. The van der Waals surface area contributed by atoms with Gasteiger partial charge in [-0.15, -0.1) is 0 Å². The monoisotopic (exact) mass is 618 g/mol. The summed E-state index contributed by atoms with van der Waals surface area (Å²) in [5.74, 6) is -1.16. The third kappa shape index (κ3) is 8.93. The first kappa shape index (κ1) is 32.3. The molecule has 3 aromatic carbocycles. The Morgan fingerprint density at radius 2 is 1.55 bits per heavy atom. The van der Waals surface area contributed by atoms with Crippen LogP contribution in [-0.2, 0) is 41.7 Å². The van der Waals surface area contributed by atoms with Gasteiger partial charge in [-0.05, 0) is 48.1 Å². The van der Waals surface area contributed by atoms with Crippen molar-refractivity contribution in [2.45, 2.75) is 50.1 Å². The van der Waals surface area contributed by atoms with E-state index in [2.05, 4.69) is 5.32 Å². The number of carbonyl (C=O) groups excluding carboxylic acids is 5. The molecule has 0 radical (unpaired) electrons. The molecule has 1 heterocycles. The third-order valence-corrected chi connectivity index (χ3v) is 8.09. The second-order valence-corrected chi connectivity index (χ2v) is 11.5. The molecular weight excluding hydrogens is 584 g/mol. The first-order chi connectivity index (χ1) is 21.2. The van der Waals surface area contributed by atoms with Crippen molar-refractivity contribution in [2.24, 2.45) is 0 Å². The van der Waals surface area contributed by atoms with Gasteiger partial charge in [-0.1, -0.05) is 84.6 Å². The van der Waals surface area contributed by atoms with Crippen molar-refractivity contribution in [1.82, 2.24) is 10.2 Å². The molecule has 230 valence electrons. The van der Waals surface area contributed by atoms with Crippen molar-refractivity contribution in [3.63, 3.8) is 0 Å². The van der Waals surface area contributed by atoms with Crippen LogP contribution in [0.3, 0.4) is 0 Å². The average Bonchev–Trinajstić information content (AvgIpc) is 3.49. The highest BCUT2D eigenvalue weighted by Crippen LogP contribution is 2.36. The third-order valence-electron chi connectivity index (χ3n) is 7.09. The van der Waals surface area contributed by atoms with Crippen LogP contribution in [0.1, 0.15) is 42.5 Å². The molecule has 11 heteroatoms. The average molecular weight is 619 g/mol.